The summed E-state index contributed by atoms with van der Waals surface area (Å²) in [5, 5.41) is 4.34. The van der Waals surface area contributed by atoms with Crippen molar-refractivity contribution in [2.75, 3.05) is 26.2 Å². The summed E-state index contributed by atoms with van der Waals surface area (Å²) in [6, 6.07) is 9.67. The molecule has 4 nitrogen and oxygen atoms in total. The van der Waals surface area contributed by atoms with Gasteiger partial charge >= 0.3 is 0 Å². The van der Waals surface area contributed by atoms with Crippen LogP contribution in [-0.4, -0.2) is 47.4 Å². The monoisotopic (exact) mass is 283 g/mol. The number of hydrogen-bond acceptors (Lipinski definition) is 4. The molecule has 2 heterocycles. The minimum absolute atomic E-state index is 0.176. The number of carbonyl (C=O) groups is 1. The lowest BCUT2D eigenvalue weighted by atomic mass is 9.90. The summed E-state index contributed by atoms with van der Waals surface area (Å²) in [4.78, 5) is 19.5. The molecule has 1 aromatic heterocycles. The summed E-state index contributed by atoms with van der Waals surface area (Å²) in [5.74, 6) is 0.176. The first kappa shape index (κ1) is 14.2. The summed E-state index contributed by atoms with van der Waals surface area (Å²) in [6.07, 6.45) is 1.77. The molecule has 1 saturated heterocycles. The van der Waals surface area contributed by atoms with Crippen molar-refractivity contribution in [3.05, 3.63) is 42.1 Å². The van der Waals surface area contributed by atoms with Crippen molar-refractivity contribution in [3.8, 4) is 0 Å². The van der Waals surface area contributed by atoms with Crippen molar-refractivity contribution in [1.82, 2.24) is 15.2 Å². The van der Waals surface area contributed by atoms with E-state index in [1.165, 1.54) is 0 Å². The molecule has 0 saturated carbocycles. The van der Waals surface area contributed by atoms with E-state index in [-0.39, 0.29) is 5.78 Å². The van der Waals surface area contributed by atoms with Gasteiger partial charge in [0, 0.05) is 43.3 Å². The van der Waals surface area contributed by atoms with Crippen molar-refractivity contribution >= 4 is 16.7 Å². The van der Waals surface area contributed by atoms with Crippen LogP contribution >= 0.6 is 0 Å². The smallest absolute Gasteiger partial charge is 0.182 e. The van der Waals surface area contributed by atoms with Gasteiger partial charge in [-0.2, -0.15) is 0 Å². The normalized spacial score (nSPS) is 17.0. The van der Waals surface area contributed by atoms with Crippen molar-refractivity contribution in [1.29, 1.82) is 0 Å². The molecule has 1 aliphatic rings. The Balaban J connectivity index is 1.91. The van der Waals surface area contributed by atoms with Crippen LogP contribution in [0.15, 0.2) is 36.5 Å². The van der Waals surface area contributed by atoms with Gasteiger partial charge in [0.25, 0.3) is 0 Å². The molecule has 0 amide bonds. The highest BCUT2D eigenvalue weighted by Crippen LogP contribution is 2.23. The van der Waals surface area contributed by atoms with Gasteiger partial charge in [0.2, 0.25) is 0 Å². The Morgan fingerprint density at radius 2 is 2.00 bits per heavy atom. The lowest BCUT2D eigenvalue weighted by Gasteiger charge is -2.40. The summed E-state index contributed by atoms with van der Waals surface area (Å²) < 4.78 is 0. The Morgan fingerprint density at radius 1 is 1.24 bits per heavy atom. The highest BCUT2D eigenvalue weighted by Gasteiger charge is 2.35. The highest BCUT2D eigenvalue weighted by atomic mass is 16.1. The fourth-order valence-electron chi connectivity index (χ4n) is 2.94. The molecule has 0 atom stereocenters. The number of aromatic nitrogens is 1. The van der Waals surface area contributed by atoms with Crippen LogP contribution in [0, 0.1) is 0 Å². The molecule has 110 valence electrons. The summed E-state index contributed by atoms with van der Waals surface area (Å²) in [7, 11) is 0. The number of piperazine rings is 1. The molecule has 0 unspecified atom stereocenters. The lowest BCUT2D eigenvalue weighted by molar-refractivity contribution is 0.0602. The number of nitrogens with zero attached hydrogens (tertiary/aromatic N) is 2. The SMILES string of the molecule is CC(C)(C(=O)c1ccc2ncccc2c1)N1CCNCC1. The average Bonchev–Trinajstić information content (AvgIpc) is 2.54. The van der Waals surface area contributed by atoms with E-state index in [0.717, 1.165) is 42.6 Å². The molecular formula is C17H21N3O. The number of rotatable bonds is 3. The van der Waals surface area contributed by atoms with Crippen LogP contribution in [0.5, 0.6) is 0 Å². The van der Waals surface area contributed by atoms with Crippen molar-refractivity contribution < 1.29 is 4.79 Å². The molecule has 1 aromatic carbocycles. The van der Waals surface area contributed by atoms with E-state index in [1.54, 1.807) is 6.20 Å². The van der Waals surface area contributed by atoms with Gasteiger partial charge in [-0.05, 0) is 38.1 Å². The van der Waals surface area contributed by atoms with Crippen LogP contribution in [0.3, 0.4) is 0 Å². The first-order valence-electron chi connectivity index (χ1n) is 7.44. The van der Waals surface area contributed by atoms with Crippen LogP contribution in [0.4, 0.5) is 0 Å². The minimum atomic E-state index is -0.474. The van der Waals surface area contributed by atoms with Gasteiger partial charge in [0.1, 0.15) is 0 Å². The Kier molecular flexibility index (Phi) is 3.74. The van der Waals surface area contributed by atoms with Crippen LogP contribution in [0.2, 0.25) is 0 Å². The maximum atomic E-state index is 12.9. The van der Waals surface area contributed by atoms with Gasteiger partial charge in [0.15, 0.2) is 5.78 Å². The first-order valence-corrected chi connectivity index (χ1v) is 7.44. The number of pyridine rings is 1. The van der Waals surface area contributed by atoms with E-state index in [2.05, 4.69) is 15.2 Å². The summed E-state index contributed by atoms with van der Waals surface area (Å²) >= 11 is 0. The third-order valence-corrected chi connectivity index (χ3v) is 4.33. The fraction of sp³-hybridized carbons (Fsp3) is 0.412. The zero-order valence-corrected chi connectivity index (χ0v) is 12.6. The zero-order chi connectivity index (χ0) is 14.9. The molecule has 0 spiro atoms. The van der Waals surface area contributed by atoms with E-state index in [9.17, 15) is 4.79 Å². The van der Waals surface area contributed by atoms with Gasteiger partial charge in [-0.15, -0.1) is 0 Å². The van der Waals surface area contributed by atoms with Crippen molar-refractivity contribution in [3.63, 3.8) is 0 Å². The molecule has 0 bridgehead atoms. The Hall–Kier alpha value is -1.78. The standard InChI is InChI=1S/C17H21N3O/c1-17(2,20-10-8-18-9-11-20)16(21)14-5-6-15-13(12-14)4-3-7-19-15/h3-7,12,18H,8-11H2,1-2H3. The average molecular weight is 283 g/mol. The first-order chi connectivity index (χ1) is 10.1. The summed E-state index contributed by atoms with van der Waals surface area (Å²) in [6.45, 7) is 7.75. The molecule has 1 fully saturated rings. The third-order valence-electron chi connectivity index (χ3n) is 4.33. The second-order valence-electron chi connectivity index (χ2n) is 6.04. The van der Waals surface area contributed by atoms with Crippen LogP contribution < -0.4 is 5.32 Å². The van der Waals surface area contributed by atoms with Gasteiger partial charge in [0.05, 0.1) is 11.1 Å². The van der Waals surface area contributed by atoms with Gasteiger partial charge in [-0.1, -0.05) is 6.07 Å². The molecule has 2 aromatic rings. The Labute approximate surface area is 125 Å². The molecule has 4 heteroatoms. The van der Waals surface area contributed by atoms with E-state index in [1.807, 2.05) is 44.2 Å². The largest absolute Gasteiger partial charge is 0.314 e. The van der Waals surface area contributed by atoms with E-state index in [4.69, 9.17) is 0 Å². The number of nitrogens with one attached hydrogen (secondary N) is 1. The Morgan fingerprint density at radius 3 is 2.76 bits per heavy atom. The fourth-order valence-corrected chi connectivity index (χ4v) is 2.94. The maximum absolute atomic E-state index is 12.9. The van der Waals surface area contributed by atoms with Crippen LogP contribution in [0.25, 0.3) is 10.9 Å². The number of carbonyl (C=O) groups excluding carboxylic acids is 1. The molecule has 1 aliphatic heterocycles. The second-order valence-corrected chi connectivity index (χ2v) is 6.04. The maximum Gasteiger partial charge on any atom is 0.182 e. The highest BCUT2D eigenvalue weighted by molar-refractivity contribution is 6.04. The van der Waals surface area contributed by atoms with E-state index in [0.29, 0.717) is 0 Å². The number of fused-ring (bicyclic) bond motifs is 1. The van der Waals surface area contributed by atoms with E-state index >= 15 is 0 Å². The molecule has 0 radical (unpaired) electrons. The number of Topliss-reactive ketones (excluding diaryl/α,β-unsaturated/α-hetero) is 1. The Bertz CT molecular complexity index is 660. The minimum Gasteiger partial charge on any atom is -0.314 e. The number of ketones is 1. The lowest BCUT2D eigenvalue weighted by Crippen LogP contribution is -2.57. The van der Waals surface area contributed by atoms with Crippen molar-refractivity contribution in [2.45, 2.75) is 19.4 Å². The van der Waals surface area contributed by atoms with Gasteiger partial charge in [-0.25, -0.2) is 0 Å². The van der Waals surface area contributed by atoms with Crippen LogP contribution in [-0.2, 0) is 0 Å². The predicted molar refractivity (Wildman–Crippen MR) is 84.6 cm³/mol. The van der Waals surface area contributed by atoms with Gasteiger partial charge in [-0.3, -0.25) is 14.7 Å². The zero-order valence-electron chi connectivity index (χ0n) is 12.6. The molecular weight excluding hydrogens is 262 g/mol. The van der Waals surface area contributed by atoms with Crippen molar-refractivity contribution in [2.24, 2.45) is 0 Å². The molecule has 21 heavy (non-hydrogen) atoms. The van der Waals surface area contributed by atoms with Gasteiger partial charge < -0.3 is 5.32 Å². The summed E-state index contributed by atoms with van der Waals surface area (Å²) in [5.41, 5.74) is 1.21. The van der Waals surface area contributed by atoms with E-state index < -0.39 is 5.54 Å². The van der Waals surface area contributed by atoms with Crippen LogP contribution in [0.1, 0.15) is 24.2 Å². The molecule has 0 aliphatic carbocycles. The second kappa shape index (κ2) is 5.54. The quantitative estimate of drug-likeness (QED) is 0.876. The molecule has 3 rings (SSSR count). The molecule has 1 N–H and O–H groups in total. The predicted octanol–water partition coefficient (Wildman–Crippen LogP) is 2.10. The number of hydrogen-bond donors (Lipinski definition) is 1. The number of benzene rings is 1. The topological polar surface area (TPSA) is 45.2 Å². The third kappa shape index (κ3) is 2.69.